The lowest BCUT2D eigenvalue weighted by molar-refractivity contribution is 0.0951. The molecule has 1 amide bonds. The topological polar surface area (TPSA) is 102 Å². The molecule has 178 valence electrons. The molecule has 4 heterocycles. The molecule has 1 aliphatic carbocycles. The summed E-state index contributed by atoms with van der Waals surface area (Å²) >= 11 is 1.51. The molecular weight excluding hydrogens is 460 g/mol. The average Bonchev–Trinajstić information content (AvgIpc) is 3.61. The van der Waals surface area contributed by atoms with Crippen molar-refractivity contribution in [3.63, 3.8) is 0 Å². The lowest BCUT2D eigenvalue weighted by atomic mass is 10.2. The first-order chi connectivity index (χ1) is 17.1. The van der Waals surface area contributed by atoms with E-state index >= 15 is 0 Å². The molecule has 8 nitrogen and oxygen atoms in total. The second-order valence-electron chi connectivity index (χ2n) is 8.45. The monoisotopic (exact) mass is 486 g/mol. The van der Waals surface area contributed by atoms with Gasteiger partial charge in [-0.3, -0.25) is 9.78 Å². The Labute approximate surface area is 207 Å². The van der Waals surface area contributed by atoms with Gasteiger partial charge in [0, 0.05) is 30.7 Å². The third-order valence-electron chi connectivity index (χ3n) is 5.55. The summed E-state index contributed by atoms with van der Waals surface area (Å²) in [5.74, 6) is 2.33. The van der Waals surface area contributed by atoms with Crippen molar-refractivity contribution < 1.29 is 9.53 Å². The molecule has 0 spiro atoms. The number of ether oxygens (including phenoxy) is 1. The summed E-state index contributed by atoms with van der Waals surface area (Å²) in [6.45, 7) is 4.76. The van der Waals surface area contributed by atoms with Crippen LogP contribution >= 0.6 is 11.3 Å². The molecule has 35 heavy (non-hydrogen) atoms. The van der Waals surface area contributed by atoms with Gasteiger partial charge in [-0.25, -0.2) is 15.0 Å². The number of rotatable bonds is 9. The summed E-state index contributed by atoms with van der Waals surface area (Å²) < 4.78 is 6.23. The van der Waals surface area contributed by atoms with E-state index in [1.165, 1.54) is 24.2 Å². The Balaban J connectivity index is 1.29. The molecule has 0 saturated heterocycles. The number of anilines is 2. The predicted octanol–water partition coefficient (Wildman–Crippen LogP) is 5.54. The summed E-state index contributed by atoms with van der Waals surface area (Å²) in [5.41, 5.74) is 2.98. The number of thiazole rings is 1. The van der Waals surface area contributed by atoms with Gasteiger partial charge in [0.15, 0.2) is 0 Å². The van der Waals surface area contributed by atoms with Crippen molar-refractivity contribution in [2.24, 2.45) is 5.92 Å². The summed E-state index contributed by atoms with van der Waals surface area (Å²) in [5, 5.41) is 7.79. The lowest BCUT2D eigenvalue weighted by Gasteiger charge is -2.09. The number of aryl methyl sites for hydroxylation is 2. The molecule has 0 unspecified atom stereocenters. The first-order valence-corrected chi connectivity index (χ1v) is 12.5. The lowest BCUT2D eigenvalue weighted by Crippen LogP contribution is -2.25. The van der Waals surface area contributed by atoms with Gasteiger partial charge in [-0.2, -0.15) is 0 Å². The first-order valence-electron chi connectivity index (χ1n) is 11.7. The highest BCUT2D eigenvalue weighted by atomic mass is 32.1. The van der Waals surface area contributed by atoms with Gasteiger partial charge in [0.2, 0.25) is 5.06 Å². The fourth-order valence-electron chi connectivity index (χ4n) is 3.45. The molecule has 0 aliphatic heterocycles. The van der Waals surface area contributed by atoms with Crippen molar-refractivity contribution in [3.8, 4) is 22.2 Å². The second-order valence-corrected chi connectivity index (χ2v) is 9.50. The highest BCUT2D eigenvalue weighted by molar-refractivity contribution is 7.14. The Bertz CT molecular complexity index is 1330. The maximum absolute atomic E-state index is 12.2. The number of hydrogen-bond acceptors (Lipinski definition) is 8. The highest BCUT2D eigenvalue weighted by Gasteiger charge is 2.22. The van der Waals surface area contributed by atoms with Crippen molar-refractivity contribution in [2.75, 3.05) is 11.9 Å². The van der Waals surface area contributed by atoms with Crippen LogP contribution in [0.15, 0.2) is 54.9 Å². The number of carbonyl (C=O) groups is 1. The quantitative estimate of drug-likeness (QED) is 0.320. The zero-order valence-electron chi connectivity index (χ0n) is 19.6. The van der Waals surface area contributed by atoms with Crippen LogP contribution in [-0.4, -0.2) is 32.4 Å². The summed E-state index contributed by atoms with van der Waals surface area (Å²) in [6.07, 6.45) is 6.45. The van der Waals surface area contributed by atoms with E-state index in [0.717, 1.165) is 35.1 Å². The van der Waals surface area contributed by atoms with E-state index in [2.05, 4.69) is 32.5 Å². The number of nitrogens with one attached hydrogen (secondary N) is 2. The van der Waals surface area contributed by atoms with Crippen molar-refractivity contribution in [1.29, 1.82) is 0 Å². The number of carbonyl (C=O) groups excluding carboxylic acids is 1. The van der Waals surface area contributed by atoms with Crippen molar-refractivity contribution >= 4 is 28.9 Å². The molecule has 1 aliphatic rings. The Morgan fingerprint density at radius 2 is 2.00 bits per heavy atom. The fraction of sp³-hybridized carbons (Fsp3) is 0.269. The number of hydrogen-bond donors (Lipinski definition) is 2. The van der Waals surface area contributed by atoms with Crippen LogP contribution in [0.2, 0.25) is 0 Å². The minimum absolute atomic E-state index is 0.0978. The summed E-state index contributed by atoms with van der Waals surface area (Å²) in [6, 6.07) is 13.0. The van der Waals surface area contributed by atoms with E-state index in [1.807, 2.05) is 25.1 Å². The summed E-state index contributed by atoms with van der Waals surface area (Å²) in [7, 11) is 0. The van der Waals surface area contributed by atoms with Gasteiger partial charge in [-0.05, 0) is 62.4 Å². The molecule has 4 aromatic heterocycles. The molecule has 0 radical (unpaired) electrons. The third-order valence-corrected chi connectivity index (χ3v) is 6.62. The Kier molecular flexibility index (Phi) is 6.67. The van der Waals surface area contributed by atoms with Crippen molar-refractivity contribution in [1.82, 2.24) is 25.3 Å². The summed E-state index contributed by atoms with van der Waals surface area (Å²) in [4.78, 5) is 30.3. The van der Waals surface area contributed by atoms with Crippen molar-refractivity contribution in [3.05, 3.63) is 71.1 Å². The van der Waals surface area contributed by atoms with Crippen LogP contribution in [-0.2, 0) is 6.42 Å². The molecule has 1 fully saturated rings. The number of pyridine rings is 3. The normalized spacial score (nSPS) is 12.9. The molecule has 0 bridgehead atoms. The highest BCUT2D eigenvalue weighted by Crippen LogP contribution is 2.38. The van der Waals surface area contributed by atoms with Gasteiger partial charge in [0.05, 0.1) is 16.3 Å². The van der Waals surface area contributed by atoms with E-state index < -0.39 is 0 Å². The van der Waals surface area contributed by atoms with Crippen LogP contribution in [0, 0.1) is 12.8 Å². The minimum Gasteiger partial charge on any atom is -0.444 e. The van der Waals surface area contributed by atoms with E-state index in [0.29, 0.717) is 33.9 Å². The maximum atomic E-state index is 12.2. The average molecular weight is 487 g/mol. The zero-order chi connectivity index (χ0) is 24.2. The van der Waals surface area contributed by atoms with Gasteiger partial charge >= 0.3 is 0 Å². The van der Waals surface area contributed by atoms with Gasteiger partial charge in [-0.1, -0.05) is 24.3 Å². The van der Waals surface area contributed by atoms with Crippen LogP contribution in [0.1, 0.15) is 40.8 Å². The van der Waals surface area contributed by atoms with Crippen molar-refractivity contribution in [2.45, 2.75) is 33.1 Å². The second kappa shape index (κ2) is 10.2. The van der Waals surface area contributed by atoms with Gasteiger partial charge in [0.1, 0.15) is 23.1 Å². The zero-order valence-corrected chi connectivity index (χ0v) is 20.4. The van der Waals surface area contributed by atoms with Crippen LogP contribution in [0.4, 0.5) is 11.6 Å². The molecule has 0 aromatic carbocycles. The van der Waals surface area contributed by atoms with Gasteiger partial charge in [-0.15, -0.1) is 0 Å². The molecule has 1 saturated carbocycles. The Morgan fingerprint density at radius 3 is 2.74 bits per heavy atom. The minimum atomic E-state index is -0.0978. The molecule has 5 rings (SSSR count). The molecule has 9 heteroatoms. The standard InChI is InChI=1S/C26H26N6O2S/c1-3-23-32-24(20-6-4-5-16(2)30-20)26(35-23)34-19-11-12-27-22(13-19)31-21-10-9-18(15-28-21)25(33)29-14-17-7-8-17/h4-6,9-13,15,17H,3,7-8,14H2,1-2H3,(H,29,33)(H,27,28,31). The van der Waals surface area contributed by atoms with Crippen LogP contribution in [0.3, 0.4) is 0 Å². The van der Waals surface area contributed by atoms with E-state index in [9.17, 15) is 4.79 Å². The smallest absolute Gasteiger partial charge is 0.252 e. The van der Waals surface area contributed by atoms with Crippen LogP contribution in [0.25, 0.3) is 11.4 Å². The van der Waals surface area contributed by atoms with Gasteiger partial charge in [0.25, 0.3) is 5.91 Å². The predicted molar refractivity (Wildman–Crippen MR) is 136 cm³/mol. The first kappa shape index (κ1) is 22.9. The Morgan fingerprint density at radius 1 is 1.11 bits per heavy atom. The number of amides is 1. The molecule has 4 aromatic rings. The fourth-order valence-corrected chi connectivity index (χ4v) is 4.33. The van der Waals surface area contributed by atoms with E-state index in [-0.39, 0.29) is 5.91 Å². The molecular formula is C26H26N6O2S. The molecule has 0 atom stereocenters. The Hall–Kier alpha value is -3.85. The third kappa shape index (κ3) is 5.81. The van der Waals surface area contributed by atoms with Crippen LogP contribution in [0.5, 0.6) is 10.8 Å². The SMILES string of the molecule is CCc1nc(-c2cccc(C)n2)c(Oc2ccnc(Nc3ccc(C(=O)NCC4CC4)cn3)c2)s1. The number of nitrogens with zero attached hydrogens (tertiary/aromatic N) is 4. The number of aromatic nitrogens is 4. The van der Waals surface area contributed by atoms with E-state index in [1.54, 1.807) is 36.7 Å². The maximum Gasteiger partial charge on any atom is 0.252 e. The molecule has 2 N–H and O–H groups in total. The van der Waals surface area contributed by atoms with Gasteiger partial charge < -0.3 is 15.4 Å². The largest absolute Gasteiger partial charge is 0.444 e. The van der Waals surface area contributed by atoms with E-state index in [4.69, 9.17) is 9.72 Å². The van der Waals surface area contributed by atoms with Crippen LogP contribution < -0.4 is 15.4 Å².